The summed E-state index contributed by atoms with van der Waals surface area (Å²) in [5.74, 6) is -0.657. The zero-order valence-electron chi connectivity index (χ0n) is 11.4. The van der Waals surface area contributed by atoms with Crippen LogP contribution in [0.2, 0.25) is 0 Å². The first-order valence-corrected chi connectivity index (χ1v) is 6.95. The molecule has 0 aromatic heterocycles. The highest BCUT2D eigenvalue weighted by molar-refractivity contribution is 5.82. The Kier molecular flexibility index (Phi) is 6.62. The van der Waals surface area contributed by atoms with Crippen LogP contribution in [0.25, 0.3) is 0 Å². The van der Waals surface area contributed by atoms with Gasteiger partial charge in [-0.1, -0.05) is 19.3 Å². The summed E-state index contributed by atoms with van der Waals surface area (Å²) < 4.78 is 0. The van der Waals surface area contributed by atoms with Gasteiger partial charge in [0.2, 0.25) is 0 Å². The number of aliphatic hydroxyl groups excluding tert-OH is 1. The monoisotopic (exact) mass is 272 g/mol. The highest BCUT2D eigenvalue weighted by Crippen LogP contribution is 2.26. The number of urea groups is 1. The van der Waals surface area contributed by atoms with Gasteiger partial charge in [0.15, 0.2) is 0 Å². The first-order valence-electron chi connectivity index (χ1n) is 6.95. The van der Waals surface area contributed by atoms with E-state index in [1.54, 1.807) is 0 Å². The lowest BCUT2D eigenvalue weighted by Crippen LogP contribution is -2.50. The summed E-state index contributed by atoms with van der Waals surface area (Å²) in [6, 6.07) is -1.47. The van der Waals surface area contributed by atoms with E-state index in [-0.39, 0.29) is 19.1 Å². The van der Waals surface area contributed by atoms with Crippen molar-refractivity contribution in [1.29, 1.82) is 0 Å². The molecule has 4 N–H and O–H groups in total. The van der Waals surface area contributed by atoms with Gasteiger partial charge in [-0.05, 0) is 25.7 Å². The number of amides is 2. The van der Waals surface area contributed by atoms with E-state index < -0.39 is 18.0 Å². The Hall–Kier alpha value is -1.30. The molecular weight excluding hydrogens is 248 g/mol. The summed E-state index contributed by atoms with van der Waals surface area (Å²) in [4.78, 5) is 22.6. The van der Waals surface area contributed by atoms with E-state index >= 15 is 0 Å². The summed E-state index contributed by atoms with van der Waals surface area (Å²) in [6.45, 7) is 1.69. The van der Waals surface area contributed by atoms with Crippen LogP contribution in [0.1, 0.15) is 45.4 Å². The van der Waals surface area contributed by atoms with E-state index in [2.05, 4.69) is 10.6 Å². The van der Waals surface area contributed by atoms with Crippen LogP contribution in [0.15, 0.2) is 0 Å². The van der Waals surface area contributed by atoms with Gasteiger partial charge in [0.1, 0.15) is 6.04 Å². The van der Waals surface area contributed by atoms with Crippen LogP contribution >= 0.6 is 0 Å². The standard InChI is InChI=1S/C13H24N2O4/c1-9(10-5-3-2-4-6-10)14-13(19)15-11(7-8-16)12(17)18/h9-11,16H,2-8H2,1H3,(H,17,18)(H2,14,15,19)/t9?,11-/m1/s1. The molecule has 0 bridgehead atoms. The Morgan fingerprint density at radius 1 is 1.21 bits per heavy atom. The third kappa shape index (κ3) is 5.46. The fourth-order valence-electron chi connectivity index (χ4n) is 2.55. The first-order chi connectivity index (χ1) is 9.04. The maximum atomic E-state index is 11.7. The Bertz CT molecular complexity index is 303. The minimum Gasteiger partial charge on any atom is -0.480 e. The second kappa shape index (κ2) is 7.99. The quantitative estimate of drug-likeness (QED) is 0.581. The topological polar surface area (TPSA) is 98.7 Å². The summed E-state index contributed by atoms with van der Waals surface area (Å²) in [5.41, 5.74) is 0. The molecule has 0 aromatic carbocycles. The highest BCUT2D eigenvalue weighted by Gasteiger charge is 2.24. The average Bonchev–Trinajstić information content (AvgIpc) is 2.39. The largest absolute Gasteiger partial charge is 0.480 e. The minimum atomic E-state index is -1.13. The molecular formula is C13H24N2O4. The first kappa shape index (κ1) is 15.8. The van der Waals surface area contributed by atoms with Crippen molar-refractivity contribution < 1.29 is 19.8 Å². The molecule has 1 saturated carbocycles. The molecule has 2 amide bonds. The normalized spacial score (nSPS) is 19.5. The van der Waals surface area contributed by atoms with Gasteiger partial charge in [0.25, 0.3) is 0 Å². The van der Waals surface area contributed by atoms with Crippen LogP contribution in [0, 0.1) is 5.92 Å². The van der Waals surface area contributed by atoms with E-state index in [9.17, 15) is 9.59 Å². The van der Waals surface area contributed by atoms with E-state index in [0.717, 1.165) is 12.8 Å². The Morgan fingerprint density at radius 3 is 2.37 bits per heavy atom. The van der Waals surface area contributed by atoms with E-state index in [1.165, 1.54) is 19.3 Å². The fourth-order valence-corrected chi connectivity index (χ4v) is 2.55. The number of carbonyl (C=O) groups is 2. The molecule has 0 spiro atoms. The number of hydrogen-bond acceptors (Lipinski definition) is 3. The molecule has 0 radical (unpaired) electrons. The second-order valence-corrected chi connectivity index (χ2v) is 5.21. The molecule has 0 aliphatic heterocycles. The number of aliphatic hydroxyl groups is 1. The molecule has 110 valence electrons. The van der Waals surface area contributed by atoms with Crippen LogP contribution in [-0.2, 0) is 4.79 Å². The zero-order valence-corrected chi connectivity index (χ0v) is 11.4. The zero-order chi connectivity index (χ0) is 14.3. The van der Waals surface area contributed by atoms with Crippen LogP contribution in [0.3, 0.4) is 0 Å². The number of carboxylic acids is 1. The minimum absolute atomic E-state index is 0.0144. The van der Waals surface area contributed by atoms with Crippen molar-refractivity contribution in [3.63, 3.8) is 0 Å². The van der Waals surface area contributed by atoms with Crippen molar-refractivity contribution in [1.82, 2.24) is 10.6 Å². The predicted molar refractivity (Wildman–Crippen MR) is 70.8 cm³/mol. The predicted octanol–water partition coefficient (Wildman–Crippen LogP) is 1.09. The maximum absolute atomic E-state index is 11.7. The molecule has 0 aromatic rings. The second-order valence-electron chi connectivity index (χ2n) is 5.21. The number of rotatable bonds is 6. The van der Waals surface area contributed by atoms with Gasteiger partial charge >= 0.3 is 12.0 Å². The van der Waals surface area contributed by atoms with Crippen LogP contribution in [0.5, 0.6) is 0 Å². The molecule has 6 heteroatoms. The van der Waals surface area contributed by atoms with Gasteiger partial charge < -0.3 is 20.8 Å². The molecule has 2 atom stereocenters. The molecule has 1 fully saturated rings. The van der Waals surface area contributed by atoms with Crippen LogP contribution in [0.4, 0.5) is 4.79 Å². The SMILES string of the molecule is CC(NC(=O)N[C@H](CCO)C(=O)O)C1CCCCC1. The number of hydrogen-bond donors (Lipinski definition) is 4. The Balaban J connectivity index is 2.38. The summed E-state index contributed by atoms with van der Waals surface area (Å²) in [5, 5.41) is 22.8. The summed E-state index contributed by atoms with van der Waals surface area (Å²) in [7, 11) is 0. The lowest BCUT2D eigenvalue weighted by atomic mass is 9.85. The smallest absolute Gasteiger partial charge is 0.326 e. The molecule has 19 heavy (non-hydrogen) atoms. The lowest BCUT2D eigenvalue weighted by Gasteiger charge is -2.28. The molecule has 1 aliphatic carbocycles. The molecule has 0 saturated heterocycles. The van der Waals surface area contributed by atoms with Gasteiger partial charge in [-0.2, -0.15) is 0 Å². The summed E-state index contributed by atoms with van der Waals surface area (Å²) >= 11 is 0. The van der Waals surface area contributed by atoms with Crippen molar-refractivity contribution in [2.75, 3.05) is 6.61 Å². The van der Waals surface area contributed by atoms with Gasteiger partial charge in [0.05, 0.1) is 0 Å². The van der Waals surface area contributed by atoms with Gasteiger partial charge in [-0.3, -0.25) is 0 Å². The van der Waals surface area contributed by atoms with E-state index in [4.69, 9.17) is 10.2 Å². The number of nitrogens with one attached hydrogen (secondary N) is 2. The van der Waals surface area contributed by atoms with E-state index in [0.29, 0.717) is 5.92 Å². The molecule has 0 heterocycles. The van der Waals surface area contributed by atoms with Crippen LogP contribution < -0.4 is 10.6 Å². The Labute approximate surface area is 113 Å². The van der Waals surface area contributed by atoms with Gasteiger partial charge in [-0.15, -0.1) is 0 Å². The fraction of sp³-hybridized carbons (Fsp3) is 0.846. The molecule has 1 unspecified atom stereocenters. The highest BCUT2D eigenvalue weighted by atomic mass is 16.4. The number of aliphatic carboxylic acids is 1. The Morgan fingerprint density at radius 2 is 1.84 bits per heavy atom. The van der Waals surface area contributed by atoms with Gasteiger partial charge in [-0.25, -0.2) is 9.59 Å². The van der Waals surface area contributed by atoms with E-state index in [1.807, 2.05) is 6.92 Å². The van der Waals surface area contributed by atoms with Gasteiger partial charge in [0, 0.05) is 19.1 Å². The maximum Gasteiger partial charge on any atom is 0.326 e. The average molecular weight is 272 g/mol. The van der Waals surface area contributed by atoms with Crippen molar-refractivity contribution in [3.05, 3.63) is 0 Å². The summed E-state index contributed by atoms with van der Waals surface area (Å²) in [6.07, 6.45) is 5.88. The molecule has 1 rings (SSSR count). The van der Waals surface area contributed by atoms with Crippen LogP contribution in [-0.4, -0.2) is 40.9 Å². The third-order valence-electron chi connectivity index (χ3n) is 3.74. The number of carboxylic acid groups (broad SMARTS) is 1. The van der Waals surface area contributed by atoms with Crippen molar-refractivity contribution >= 4 is 12.0 Å². The van der Waals surface area contributed by atoms with Crippen molar-refractivity contribution in [2.24, 2.45) is 5.92 Å². The molecule has 1 aliphatic rings. The van der Waals surface area contributed by atoms with Crippen molar-refractivity contribution in [2.45, 2.75) is 57.5 Å². The number of carbonyl (C=O) groups excluding carboxylic acids is 1. The third-order valence-corrected chi connectivity index (χ3v) is 3.74. The lowest BCUT2D eigenvalue weighted by molar-refractivity contribution is -0.139. The van der Waals surface area contributed by atoms with Crippen molar-refractivity contribution in [3.8, 4) is 0 Å². The molecule has 6 nitrogen and oxygen atoms in total.